The zero-order valence-corrected chi connectivity index (χ0v) is 16.3. The van der Waals surface area contributed by atoms with Gasteiger partial charge in [0.25, 0.3) is 0 Å². The van der Waals surface area contributed by atoms with Gasteiger partial charge >= 0.3 is 0 Å². The lowest BCUT2D eigenvalue weighted by molar-refractivity contribution is -0.116. The molecule has 1 N–H and O–H groups in total. The molecular weight excluding hydrogens is 430 g/mol. The van der Waals surface area contributed by atoms with Crippen LogP contribution in [0, 0.1) is 11.6 Å². The first-order valence-electron chi connectivity index (χ1n) is 7.65. The van der Waals surface area contributed by atoms with Gasteiger partial charge in [-0.05, 0) is 48.9 Å². The van der Waals surface area contributed by atoms with Crippen LogP contribution in [0.3, 0.4) is 0 Å². The van der Waals surface area contributed by atoms with Gasteiger partial charge in [-0.1, -0.05) is 15.9 Å². The molecule has 0 aliphatic carbocycles. The van der Waals surface area contributed by atoms with Gasteiger partial charge in [-0.3, -0.25) is 9.10 Å². The number of carbonyl (C=O) groups is 1. The van der Waals surface area contributed by atoms with Gasteiger partial charge in [-0.2, -0.15) is 0 Å². The van der Waals surface area contributed by atoms with E-state index in [-0.39, 0.29) is 25.1 Å². The molecule has 9 heteroatoms. The summed E-state index contributed by atoms with van der Waals surface area (Å²) < 4.78 is 52.2. The number of nitrogens with one attached hydrogen (secondary N) is 1. The van der Waals surface area contributed by atoms with Gasteiger partial charge in [0, 0.05) is 17.4 Å². The third kappa shape index (κ3) is 5.77. The molecule has 140 valence electrons. The van der Waals surface area contributed by atoms with E-state index in [0.29, 0.717) is 10.2 Å². The van der Waals surface area contributed by atoms with Gasteiger partial charge in [-0.15, -0.1) is 0 Å². The maximum atomic E-state index is 13.7. The van der Waals surface area contributed by atoms with Crippen LogP contribution < -0.4 is 9.62 Å². The fraction of sp³-hybridized carbons (Fsp3) is 0.235. The van der Waals surface area contributed by atoms with Crippen molar-refractivity contribution >= 4 is 43.2 Å². The Morgan fingerprint density at radius 2 is 1.81 bits per heavy atom. The standard InChI is InChI=1S/C17H17BrF2N2O3S/c1-26(24,25)22(14-7-5-13(19)6-8-14)10-2-3-17(23)21-16-9-4-12(18)11-15(16)20/h4-9,11H,2-3,10H2,1H3,(H,21,23). The van der Waals surface area contributed by atoms with Crippen molar-refractivity contribution in [3.8, 4) is 0 Å². The number of anilines is 2. The number of hydrogen-bond donors (Lipinski definition) is 1. The predicted molar refractivity (Wildman–Crippen MR) is 101 cm³/mol. The van der Waals surface area contributed by atoms with Crippen LogP contribution in [0.2, 0.25) is 0 Å². The number of benzene rings is 2. The molecule has 2 aromatic rings. The molecule has 1 amide bonds. The second-order valence-electron chi connectivity index (χ2n) is 5.59. The highest BCUT2D eigenvalue weighted by Gasteiger charge is 2.18. The van der Waals surface area contributed by atoms with Crippen molar-refractivity contribution in [2.45, 2.75) is 12.8 Å². The molecule has 0 heterocycles. The number of halogens is 3. The smallest absolute Gasteiger partial charge is 0.232 e. The van der Waals surface area contributed by atoms with Crippen LogP contribution in [-0.2, 0) is 14.8 Å². The fourth-order valence-electron chi connectivity index (χ4n) is 2.28. The third-order valence-electron chi connectivity index (χ3n) is 3.49. The Morgan fingerprint density at radius 1 is 1.15 bits per heavy atom. The zero-order chi connectivity index (χ0) is 19.3. The normalized spacial score (nSPS) is 11.2. The van der Waals surface area contributed by atoms with E-state index in [2.05, 4.69) is 21.2 Å². The Morgan fingerprint density at radius 3 is 2.38 bits per heavy atom. The van der Waals surface area contributed by atoms with Crippen molar-refractivity contribution in [2.75, 3.05) is 22.4 Å². The number of amides is 1. The Bertz CT molecular complexity index is 889. The van der Waals surface area contributed by atoms with Crippen LogP contribution >= 0.6 is 15.9 Å². The molecule has 5 nitrogen and oxygen atoms in total. The molecule has 0 atom stereocenters. The molecule has 0 fully saturated rings. The Kier molecular flexibility index (Phi) is 6.71. The van der Waals surface area contributed by atoms with Crippen molar-refractivity contribution in [3.63, 3.8) is 0 Å². The Labute approximate surface area is 159 Å². The van der Waals surface area contributed by atoms with Gasteiger partial charge in [-0.25, -0.2) is 17.2 Å². The van der Waals surface area contributed by atoms with Gasteiger partial charge in [0.2, 0.25) is 15.9 Å². The minimum absolute atomic E-state index is 0.00270. The molecule has 0 radical (unpaired) electrons. The van der Waals surface area contributed by atoms with Crippen LogP contribution in [0.1, 0.15) is 12.8 Å². The third-order valence-corrected chi connectivity index (χ3v) is 5.17. The second-order valence-corrected chi connectivity index (χ2v) is 8.41. The zero-order valence-electron chi connectivity index (χ0n) is 13.9. The number of sulfonamides is 1. The van der Waals surface area contributed by atoms with Crippen LogP contribution in [0.4, 0.5) is 20.2 Å². The first kappa shape index (κ1) is 20.3. The fourth-order valence-corrected chi connectivity index (χ4v) is 3.58. The van der Waals surface area contributed by atoms with E-state index in [0.717, 1.165) is 22.7 Å². The molecule has 0 aromatic heterocycles. The highest BCUT2D eigenvalue weighted by atomic mass is 79.9. The molecule has 0 saturated carbocycles. The molecule has 0 saturated heterocycles. The van der Waals surface area contributed by atoms with Crippen LogP contribution in [-0.4, -0.2) is 27.1 Å². The van der Waals surface area contributed by atoms with Gasteiger partial charge < -0.3 is 5.32 Å². The number of carbonyl (C=O) groups excluding carboxylic acids is 1. The molecule has 0 aliphatic heterocycles. The van der Waals surface area contributed by atoms with E-state index in [1.54, 1.807) is 6.07 Å². The lowest BCUT2D eigenvalue weighted by Crippen LogP contribution is -2.31. The van der Waals surface area contributed by atoms with E-state index in [4.69, 9.17) is 0 Å². The lowest BCUT2D eigenvalue weighted by Gasteiger charge is -2.22. The average molecular weight is 447 g/mol. The highest BCUT2D eigenvalue weighted by Crippen LogP contribution is 2.21. The summed E-state index contributed by atoms with van der Waals surface area (Å²) in [5.74, 6) is -1.48. The summed E-state index contributed by atoms with van der Waals surface area (Å²) in [4.78, 5) is 12.0. The monoisotopic (exact) mass is 446 g/mol. The number of hydrogen-bond acceptors (Lipinski definition) is 3. The number of rotatable bonds is 7. The summed E-state index contributed by atoms with van der Waals surface area (Å²) in [7, 11) is -3.59. The van der Waals surface area contributed by atoms with Gasteiger partial charge in [0.15, 0.2) is 0 Å². The van der Waals surface area contributed by atoms with Crippen molar-refractivity contribution < 1.29 is 22.0 Å². The van der Waals surface area contributed by atoms with E-state index in [9.17, 15) is 22.0 Å². The van der Waals surface area contributed by atoms with E-state index in [1.807, 2.05) is 0 Å². The summed E-state index contributed by atoms with van der Waals surface area (Å²) in [5, 5.41) is 2.44. The predicted octanol–water partition coefficient (Wildman–Crippen LogP) is 3.91. The van der Waals surface area contributed by atoms with Gasteiger partial charge in [0.1, 0.15) is 11.6 Å². The lowest BCUT2D eigenvalue weighted by atomic mass is 10.2. The molecule has 0 aliphatic rings. The molecule has 0 spiro atoms. The number of nitrogens with zero attached hydrogens (tertiary/aromatic N) is 1. The molecule has 2 rings (SSSR count). The minimum Gasteiger partial charge on any atom is -0.324 e. The molecule has 2 aromatic carbocycles. The molecular formula is C17H17BrF2N2O3S. The first-order chi connectivity index (χ1) is 12.2. The molecule has 0 bridgehead atoms. The topological polar surface area (TPSA) is 66.5 Å². The molecule has 0 unspecified atom stereocenters. The SMILES string of the molecule is CS(=O)(=O)N(CCCC(=O)Nc1ccc(Br)cc1F)c1ccc(F)cc1. The maximum absolute atomic E-state index is 13.7. The largest absolute Gasteiger partial charge is 0.324 e. The summed E-state index contributed by atoms with van der Waals surface area (Å²) in [6.07, 6.45) is 1.25. The van der Waals surface area contributed by atoms with Crippen molar-refractivity contribution in [3.05, 3.63) is 58.6 Å². The van der Waals surface area contributed by atoms with E-state index in [1.165, 1.54) is 24.3 Å². The van der Waals surface area contributed by atoms with Gasteiger partial charge in [0.05, 0.1) is 17.6 Å². The molecule has 26 heavy (non-hydrogen) atoms. The minimum atomic E-state index is -3.59. The summed E-state index contributed by atoms with van der Waals surface area (Å²) in [5.41, 5.74) is 0.366. The quantitative estimate of drug-likeness (QED) is 0.700. The second kappa shape index (κ2) is 8.59. The van der Waals surface area contributed by atoms with E-state index >= 15 is 0 Å². The Balaban J connectivity index is 1.96. The van der Waals surface area contributed by atoms with Crippen LogP contribution in [0.5, 0.6) is 0 Å². The van der Waals surface area contributed by atoms with Crippen molar-refractivity contribution in [1.29, 1.82) is 0 Å². The van der Waals surface area contributed by atoms with Crippen LogP contribution in [0.25, 0.3) is 0 Å². The summed E-state index contributed by atoms with van der Waals surface area (Å²) in [6.45, 7) is 0.0424. The summed E-state index contributed by atoms with van der Waals surface area (Å²) >= 11 is 3.13. The maximum Gasteiger partial charge on any atom is 0.232 e. The van der Waals surface area contributed by atoms with E-state index < -0.39 is 27.6 Å². The van der Waals surface area contributed by atoms with Crippen molar-refractivity contribution in [2.24, 2.45) is 0 Å². The Hall–Kier alpha value is -2.00. The highest BCUT2D eigenvalue weighted by molar-refractivity contribution is 9.10. The average Bonchev–Trinajstić information content (AvgIpc) is 2.54. The van der Waals surface area contributed by atoms with Crippen LogP contribution in [0.15, 0.2) is 46.9 Å². The summed E-state index contributed by atoms with van der Waals surface area (Å²) in [6, 6.07) is 9.29. The van der Waals surface area contributed by atoms with Crippen molar-refractivity contribution in [1.82, 2.24) is 0 Å². The first-order valence-corrected chi connectivity index (χ1v) is 10.3.